The Morgan fingerprint density at radius 2 is 1.89 bits per heavy atom. The Bertz CT molecular complexity index is 1560. The normalized spacial score (nSPS) is 32.5. The van der Waals surface area contributed by atoms with Gasteiger partial charge in [-0.15, -0.1) is 5.10 Å². The van der Waals surface area contributed by atoms with E-state index in [1.165, 1.54) is 6.92 Å². The standard InChI is InChI=1S/C26H38N2O9/c1-7-33-26(32)34-13-20-21(29)22(30)23(31)25(36-20)37-24-19(16(6)28(27-24)14(2)3)12-17-8-10-18(11-9-17)35-15(4)5/h8-11,14-15,20-23,25,29-31H,7,12-13H2,1-6H3/t20-,21-,22+,23-,25+/m1/s1/i2D3,3D3,4D3,5D3,12D2,14D,15D. The first-order chi connectivity index (χ1) is 23.9. The highest BCUT2D eigenvalue weighted by molar-refractivity contribution is 5.59. The van der Waals surface area contributed by atoms with Crippen LogP contribution >= 0.6 is 0 Å². The van der Waals surface area contributed by atoms with Gasteiger partial charge in [0, 0.05) is 42.8 Å². The molecule has 1 aliphatic rings. The first-order valence-electron chi connectivity index (χ1n) is 18.9. The van der Waals surface area contributed by atoms with Crippen molar-refractivity contribution in [3.8, 4) is 11.6 Å². The lowest BCUT2D eigenvalue weighted by Gasteiger charge is -2.39. The summed E-state index contributed by atoms with van der Waals surface area (Å²) in [5, 5.41) is 35.6. The molecule has 0 bridgehead atoms. The monoisotopic (exact) mass is 538 g/mol. The highest BCUT2D eigenvalue weighted by Crippen LogP contribution is 2.31. The summed E-state index contributed by atoms with van der Waals surface area (Å²) in [5.41, 5.74) is -1.72. The molecule has 3 N–H and O–H groups in total. The van der Waals surface area contributed by atoms with Crippen LogP contribution < -0.4 is 9.47 Å². The Morgan fingerprint density at radius 3 is 2.54 bits per heavy atom. The van der Waals surface area contributed by atoms with E-state index in [0.717, 1.165) is 31.2 Å². The SMILES string of the molecule is [2H]C([2H])(c1ccc(OC([2H])(C([2H])([2H])[2H])C([2H])([2H])[2H])cc1)c1c(O[C@@H]2O[C@H](COC(=O)OCC)[C@@H](O)[C@H](O)[C@H]2O)nn(C([2H])(C([2H])([2H])[2H])C([2H])([2H])[2H])c1C. The summed E-state index contributed by atoms with van der Waals surface area (Å²) >= 11 is 0. The van der Waals surface area contributed by atoms with Crippen molar-refractivity contribution >= 4 is 6.16 Å². The van der Waals surface area contributed by atoms with Gasteiger partial charge in [0.2, 0.25) is 12.2 Å². The van der Waals surface area contributed by atoms with Gasteiger partial charge in [0.05, 0.1) is 15.4 Å². The van der Waals surface area contributed by atoms with Crippen LogP contribution in [0.5, 0.6) is 11.6 Å². The lowest BCUT2D eigenvalue weighted by Crippen LogP contribution is -2.60. The summed E-state index contributed by atoms with van der Waals surface area (Å²) in [6.07, 6.45) is -17.4. The maximum Gasteiger partial charge on any atom is 0.508 e. The van der Waals surface area contributed by atoms with Gasteiger partial charge in [-0.05, 0) is 59.0 Å². The summed E-state index contributed by atoms with van der Waals surface area (Å²) in [5.74, 6) is -1.46. The van der Waals surface area contributed by atoms with Gasteiger partial charge in [-0.1, -0.05) is 12.1 Å². The third-order valence-electron chi connectivity index (χ3n) is 5.16. The van der Waals surface area contributed by atoms with Crippen molar-refractivity contribution in [3.63, 3.8) is 0 Å². The van der Waals surface area contributed by atoms with E-state index < -0.39 is 112 Å². The van der Waals surface area contributed by atoms with Crippen molar-refractivity contribution in [3.05, 3.63) is 41.1 Å². The van der Waals surface area contributed by atoms with Crippen LogP contribution in [-0.2, 0) is 20.6 Å². The zero-order valence-electron chi connectivity index (χ0n) is 35.8. The molecule has 2 aromatic rings. The van der Waals surface area contributed by atoms with E-state index in [4.69, 9.17) is 40.9 Å². The minimum Gasteiger partial charge on any atom is -0.491 e. The molecule has 1 fully saturated rings. The maximum absolute atomic E-state index is 11.7. The third kappa shape index (κ3) is 7.13. The molecule has 1 saturated heterocycles. The van der Waals surface area contributed by atoms with Crippen LogP contribution in [0.1, 0.15) is 79.1 Å². The number of hydrogen-bond acceptors (Lipinski definition) is 10. The molecular weight excluding hydrogens is 484 g/mol. The van der Waals surface area contributed by atoms with Crippen molar-refractivity contribution in [2.45, 2.75) is 90.4 Å². The number of aromatic nitrogens is 2. The lowest BCUT2D eigenvalue weighted by atomic mass is 9.99. The van der Waals surface area contributed by atoms with Crippen LogP contribution in [0.4, 0.5) is 4.79 Å². The molecule has 2 heterocycles. The smallest absolute Gasteiger partial charge is 0.491 e. The minimum atomic E-state index is -3.65. The van der Waals surface area contributed by atoms with Crippen LogP contribution in [-0.4, -0.2) is 81.3 Å². The number of carbonyl (C=O) groups excluding carboxylic acids is 1. The van der Waals surface area contributed by atoms with E-state index >= 15 is 0 Å². The van der Waals surface area contributed by atoms with Crippen molar-refractivity contribution in [2.75, 3.05) is 13.2 Å². The highest BCUT2D eigenvalue weighted by atomic mass is 16.7. The number of benzene rings is 1. The van der Waals surface area contributed by atoms with Gasteiger partial charge < -0.3 is 39.0 Å². The van der Waals surface area contributed by atoms with E-state index in [2.05, 4.69) is 9.84 Å². The van der Waals surface area contributed by atoms with Crippen molar-refractivity contribution < 1.29 is 65.7 Å². The second-order valence-corrected chi connectivity index (χ2v) is 7.73. The summed E-state index contributed by atoms with van der Waals surface area (Å²) in [7, 11) is 0. The molecule has 5 atom stereocenters. The van der Waals surface area contributed by atoms with Gasteiger partial charge >= 0.3 is 6.16 Å². The van der Waals surface area contributed by atoms with Crippen LogP contribution in [0.15, 0.2) is 24.3 Å². The molecule has 37 heavy (non-hydrogen) atoms. The molecule has 3 rings (SSSR count). The van der Waals surface area contributed by atoms with E-state index in [1.54, 1.807) is 0 Å². The predicted octanol–water partition coefficient (Wildman–Crippen LogP) is 2.51. The fourth-order valence-corrected chi connectivity index (χ4v) is 3.36. The Labute approximate surface area is 239 Å². The average molecular weight is 539 g/mol. The number of aliphatic hydroxyl groups excluding tert-OH is 3. The Hall–Kier alpha value is -2.86. The molecule has 0 saturated carbocycles. The van der Waals surface area contributed by atoms with Gasteiger partial charge in [-0.3, -0.25) is 4.68 Å². The largest absolute Gasteiger partial charge is 0.508 e. The minimum absolute atomic E-state index is 0.0814. The Morgan fingerprint density at radius 1 is 1.16 bits per heavy atom. The summed E-state index contributed by atoms with van der Waals surface area (Å²) in [6.45, 7) is -12.6. The average Bonchev–Trinajstić information content (AvgIpc) is 3.34. The Kier molecular flexibility index (Phi) is 4.69. The number of carbonyl (C=O) groups is 1. The van der Waals surface area contributed by atoms with Crippen LogP contribution in [0, 0.1) is 6.92 Å². The molecule has 0 aliphatic carbocycles. The molecule has 0 radical (unpaired) electrons. The lowest BCUT2D eigenvalue weighted by molar-refractivity contribution is -0.278. The maximum atomic E-state index is 11.7. The fraction of sp³-hybridized carbons (Fsp3) is 0.615. The second kappa shape index (κ2) is 12.6. The second-order valence-electron chi connectivity index (χ2n) is 7.73. The molecule has 1 aromatic heterocycles. The molecule has 0 spiro atoms. The van der Waals surface area contributed by atoms with Gasteiger partial charge in [0.15, 0.2) is 0 Å². The molecule has 11 heteroatoms. The van der Waals surface area contributed by atoms with Crippen molar-refractivity contribution in [2.24, 2.45) is 0 Å². The van der Waals surface area contributed by atoms with E-state index in [9.17, 15) is 20.1 Å². The van der Waals surface area contributed by atoms with Crippen LogP contribution in [0.2, 0.25) is 0 Å². The molecule has 1 aliphatic heterocycles. The first kappa shape index (κ1) is 13.8. The number of hydrogen-bond donors (Lipinski definition) is 3. The topological polar surface area (TPSA) is 142 Å². The third-order valence-corrected chi connectivity index (χ3v) is 5.16. The van der Waals surface area contributed by atoms with E-state index in [-0.39, 0.29) is 16.9 Å². The zero-order valence-corrected chi connectivity index (χ0v) is 19.8. The van der Waals surface area contributed by atoms with Crippen molar-refractivity contribution in [1.29, 1.82) is 0 Å². The van der Waals surface area contributed by atoms with Gasteiger partial charge in [-0.2, -0.15) is 0 Å². The molecule has 206 valence electrons. The number of rotatable bonds is 10. The number of aliphatic hydroxyl groups is 3. The summed E-state index contributed by atoms with van der Waals surface area (Å²) < 4.78 is 154. The highest BCUT2D eigenvalue weighted by Gasteiger charge is 2.46. The van der Waals surface area contributed by atoms with Crippen molar-refractivity contribution in [1.82, 2.24) is 9.78 Å². The molecule has 11 nitrogen and oxygen atoms in total. The number of nitrogens with zero attached hydrogens (tertiary/aromatic N) is 2. The zero-order chi connectivity index (χ0) is 40.9. The fourth-order valence-electron chi connectivity index (χ4n) is 3.36. The van der Waals surface area contributed by atoms with Gasteiger partial charge in [-0.25, -0.2) is 4.79 Å². The van der Waals surface area contributed by atoms with Crippen LogP contribution in [0.3, 0.4) is 0 Å². The predicted molar refractivity (Wildman–Crippen MR) is 133 cm³/mol. The molecule has 0 amide bonds. The summed E-state index contributed by atoms with van der Waals surface area (Å²) in [4.78, 5) is 11.7. The number of ether oxygens (including phenoxy) is 5. The van der Waals surface area contributed by atoms with Crippen LogP contribution in [0.25, 0.3) is 0 Å². The first-order valence-corrected chi connectivity index (χ1v) is 10.9. The Balaban J connectivity index is 2.19. The quantitative estimate of drug-likeness (QED) is 0.386. The molecule has 0 unspecified atom stereocenters. The van der Waals surface area contributed by atoms with E-state index in [0.29, 0.717) is 0 Å². The van der Waals surface area contributed by atoms with Gasteiger partial charge in [0.1, 0.15) is 36.8 Å². The van der Waals surface area contributed by atoms with Gasteiger partial charge in [0.25, 0.3) is 0 Å². The van der Waals surface area contributed by atoms with E-state index in [1.807, 2.05) is 0 Å². The summed E-state index contributed by atoms with van der Waals surface area (Å²) in [6, 6.07) is 0.187. The molecule has 1 aromatic carbocycles. The molecular formula is C26H38N2O9.